The van der Waals surface area contributed by atoms with Crippen molar-refractivity contribution in [2.45, 2.75) is 25.7 Å². The van der Waals surface area contributed by atoms with Gasteiger partial charge in [0.05, 0.1) is 0 Å². The minimum Gasteiger partial charge on any atom is -0.103 e. The van der Waals surface area contributed by atoms with Gasteiger partial charge in [0.2, 0.25) is 0 Å². The zero-order chi connectivity index (χ0) is 11.2. The summed E-state index contributed by atoms with van der Waals surface area (Å²) >= 11 is 0. The van der Waals surface area contributed by atoms with Crippen molar-refractivity contribution in [1.82, 2.24) is 0 Å². The van der Waals surface area contributed by atoms with Crippen molar-refractivity contribution < 1.29 is 0 Å². The SMILES string of the molecule is C=CCCCCc1cccc2ccccc12. The molecule has 0 atom stereocenters. The second kappa shape index (κ2) is 5.50. The molecule has 0 aliphatic carbocycles. The molecule has 2 aromatic carbocycles. The lowest BCUT2D eigenvalue weighted by molar-refractivity contribution is 0.751. The van der Waals surface area contributed by atoms with Crippen LogP contribution in [0.25, 0.3) is 10.8 Å². The van der Waals surface area contributed by atoms with Gasteiger partial charge in [0.25, 0.3) is 0 Å². The molecule has 2 rings (SSSR count). The maximum Gasteiger partial charge on any atom is -0.0152 e. The number of unbranched alkanes of at least 4 members (excludes halogenated alkanes) is 2. The van der Waals surface area contributed by atoms with Gasteiger partial charge in [0, 0.05) is 0 Å². The number of rotatable bonds is 5. The molecule has 0 heteroatoms. The summed E-state index contributed by atoms with van der Waals surface area (Å²) in [4.78, 5) is 0. The van der Waals surface area contributed by atoms with E-state index in [1.807, 2.05) is 6.08 Å². The van der Waals surface area contributed by atoms with Gasteiger partial charge >= 0.3 is 0 Å². The van der Waals surface area contributed by atoms with Gasteiger partial charge in [-0.15, -0.1) is 6.58 Å². The third-order valence-corrected chi connectivity index (χ3v) is 2.98. The second-order valence-corrected chi connectivity index (χ2v) is 4.17. The molecular weight excluding hydrogens is 192 g/mol. The fourth-order valence-corrected chi connectivity index (χ4v) is 2.11. The molecule has 0 saturated heterocycles. The van der Waals surface area contributed by atoms with E-state index in [1.54, 1.807) is 0 Å². The van der Waals surface area contributed by atoms with Crippen molar-refractivity contribution in [3.05, 3.63) is 60.7 Å². The van der Waals surface area contributed by atoms with Crippen LogP contribution < -0.4 is 0 Å². The summed E-state index contributed by atoms with van der Waals surface area (Å²) in [5.74, 6) is 0. The Balaban J connectivity index is 2.14. The predicted octanol–water partition coefficient (Wildman–Crippen LogP) is 4.74. The Morgan fingerprint density at radius 3 is 2.62 bits per heavy atom. The first kappa shape index (κ1) is 10.9. The first-order valence-corrected chi connectivity index (χ1v) is 5.99. The maximum atomic E-state index is 3.76. The number of hydrogen-bond acceptors (Lipinski definition) is 0. The van der Waals surface area contributed by atoms with Crippen LogP contribution >= 0.6 is 0 Å². The van der Waals surface area contributed by atoms with Crippen molar-refractivity contribution in [2.24, 2.45) is 0 Å². The number of allylic oxidation sites excluding steroid dienone is 1. The normalized spacial score (nSPS) is 10.5. The Morgan fingerprint density at radius 1 is 0.938 bits per heavy atom. The number of hydrogen-bond donors (Lipinski definition) is 0. The van der Waals surface area contributed by atoms with Crippen molar-refractivity contribution in [2.75, 3.05) is 0 Å². The molecule has 0 spiro atoms. The summed E-state index contributed by atoms with van der Waals surface area (Å²) < 4.78 is 0. The van der Waals surface area contributed by atoms with Crippen LogP contribution in [-0.2, 0) is 6.42 Å². The lowest BCUT2D eigenvalue weighted by Gasteiger charge is -2.05. The highest BCUT2D eigenvalue weighted by Gasteiger charge is 1.99. The van der Waals surface area contributed by atoms with Crippen LogP contribution in [0.1, 0.15) is 24.8 Å². The van der Waals surface area contributed by atoms with E-state index in [2.05, 4.69) is 49.0 Å². The first-order valence-electron chi connectivity index (χ1n) is 5.99. The van der Waals surface area contributed by atoms with Crippen LogP contribution in [0.4, 0.5) is 0 Å². The van der Waals surface area contributed by atoms with Crippen molar-refractivity contribution in [3.63, 3.8) is 0 Å². The lowest BCUT2D eigenvalue weighted by atomic mass is 10.00. The second-order valence-electron chi connectivity index (χ2n) is 4.17. The topological polar surface area (TPSA) is 0 Å². The van der Waals surface area contributed by atoms with Gasteiger partial charge < -0.3 is 0 Å². The van der Waals surface area contributed by atoms with Gasteiger partial charge in [0.15, 0.2) is 0 Å². The van der Waals surface area contributed by atoms with Crippen molar-refractivity contribution >= 4 is 10.8 Å². The van der Waals surface area contributed by atoms with E-state index in [1.165, 1.54) is 35.6 Å². The molecule has 16 heavy (non-hydrogen) atoms. The zero-order valence-corrected chi connectivity index (χ0v) is 9.65. The average Bonchev–Trinajstić information content (AvgIpc) is 2.35. The molecule has 2 aromatic rings. The van der Waals surface area contributed by atoms with Crippen LogP contribution in [0.2, 0.25) is 0 Å². The molecule has 0 N–H and O–H groups in total. The zero-order valence-electron chi connectivity index (χ0n) is 9.65. The molecule has 0 amide bonds. The van der Waals surface area contributed by atoms with Gasteiger partial charge in [-0.2, -0.15) is 0 Å². The number of fused-ring (bicyclic) bond motifs is 1. The summed E-state index contributed by atoms with van der Waals surface area (Å²) in [6, 6.07) is 15.2. The molecule has 0 saturated carbocycles. The number of aryl methyl sites for hydroxylation is 1. The Bertz CT molecular complexity index is 463. The van der Waals surface area contributed by atoms with Crippen LogP contribution in [0.5, 0.6) is 0 Å². The van der Waals surface area contributed by atoms with E-state index in [0.717, 1.165) is 6.42 Å². The van der Waals surface area contributed by atoms with Crippen LogP contribution in [0.15, 0.2) is 55.1 Å². The van der Waals surface area contributed by atoms with Gasteiger partial charge in [-0.05, 0) is 42.0 Å². The Morgan fingerprint density at radius 2 is 1.75 bits per heavy atom. The van der Waals surface area contributed by atoms with Crippen LogP contribution in [0.3, 0.4) is 0 Å². The van der Waals surface area contributed by atoms with E-state index in [-0.39, 0.29) is 0 Å². The van der Waals surface area contributed by atoms with Gasteiger partial charge in [0.1, 0.15) is 0 Å². The molecule has 0 heterocycles. The highest BCUT2D eigenvalue weighted by atomic mass is 14.0. The van der Waals surface area contributed by atoms with Crippen molar-refractivity contribution in [3.8, 4) is 0 Å². The smallest absolute Gasteiger partial charge is 0.0152 e. The minimum atomic E-state index is 1.13. The van der Waals surface area contributed by atoms with E-state index in [4.69, 9.17) is 0 Å². The van der Waals surface area contributed by atoms with E-state index >= 15 is 0 Å². The third kappa shape index (κ3) is 2.52. The summed E-state index contributed by atoms with van der Waals surface area (Å²) in [5, 5.41) is 2.76. The molecule has 82 valence electrons. The molecule has 0 aromatic heterocycles. The summed E-state index contributed by atoms with van der Waals surface area (Å²) in [6.07, 6.45) is 6.80. The molecule has 0 bridgehead atoms. The number of benzene rings is 2. The summed E-state index contributed by atoms with van der Waals surface area (Å²) in [7, 11) is 0. The van der Waals surface area contributed by atoms with E-state index in [0.29, 0.717) is 0 Å². The van der Waals surface area contributed by atoms with E-state index in [9.17, 15) is 0 Å². The van der Waals surface area contributed by atoms with Gasteiger partial charge in [-0.3, -0.25) is 0 Å². The molecule has 0 unspecified atom stereocenters. The fraction of sp³-hybridized carbons (Fsp3) is 0.250. The molecule has 0 fully saturated rings. The standard InChI is InChI=1S/C16H18/c1-2-3-4-5-9-14-11-8-12-15-10-6-7-13-16(14)15/h2,6-8,10-13H,1,3-5,9H2. The van der Waals surface area contributed by atoms with Crippen LogP contribution in [-0.4, -0.2) is 0 Å². The van der Waals surface area contributed by atoms with Crippen LogP contribution in [0, 0.1) is 0 Å². The maximum absolute atomic E-state index is 3.76. The quantitative estimate of drug-likeness (QED) is 0.494. The fourth-order valence-electron chi connectivity index (χ4n) is 2.11. The largest absolute Gasteiger partial charge is 0.103 e. The van der Waals surface area contributed by atoms with E-state index < -0.39 is 0 Å². The summed E-state index contributed by atoms with van der Waals surface area (Å²) in [6.45, 7) is 3.76. The third-order valence-electron chi connectivity index (χ3n) is 2.98. The Labute approximate surface area is 97.6 Å². The average molecular weight is 210 g/mol. The van der Waals surface area contributed by atoms with Gasteiger partial charge in [-0.25, -0.2) is 0 Å². The molecule has 0 aliphatic rings. The molecule has 0 radical (unpaired) electrons. The first-order chi connectivity index (χ1) is 7.92. The highest BCUT2D eigenvalue weighted by Crippen LogP contribution is 2.20. The molecule has 0 nitrogen and oxygen atoms in total. The molecular formula is C16H18. The van der Waals surface area contributed by atoms with Gasteiger partial charge in [-0.1, -0.05) is 48.5 Å². The monoisotopic (exact) mass is 210 g/mol. The minimum absolute atomic E-state index is 1.13. The lowest BCUT2D eigenvalue weighted by Crippen LogP contribution is -1.87. The predicted molar refractivity (Wildman–Crippen MR) is 71.7 cm³/mol. The highest BCUT2D eigenvalue weighted by molar-refractivity contribution is 5.85. The summed E-state index contributed by atoms with van der Waals surface area (Å²) in [5.41, 5.74) is 1.47. The molecule has 0 aliphatic heterocycles. The van der Waals surface area contributed by atoms with Crippen molar-refractivity contribution in [1.29, 1.82) is 0 Å². The Hall–Kier alpha value is -1.56. The Kier molecular flexibility index (Phi) is 3.76.